The number of halogens is 1. The van der Waals surface area contributed by atoms with Gasteiger partial charge in [0.2, 0.25) is 5.91 Å². The lowest BCUT2D eigenvalue weighted by atomic mass is 10.1. The zero-order chi connectivity index (χ0) is 14.7. The number of amides is 2. The Hall–Kier alpha value is -2.15. The summed E-state index contributed by atoms with van der Waals surface area (Å²) in [6.45, 7) is 0.904. The van der Waals surface area contributed by atoms with Gasteiger partial charge in [-0.3, -0.25) is 19.7 Å². The predicted octanol–water partition coefficient (Wildman–Crippen LogP) is 1.21. The Kier molecular flexibility index (Phi) is 4.19. The lowest BCUT2D eigenvalue weighted by Crippen LogP contribution is -2.34. The van der Waals surface area contributed by atoms with Crippen molar-refractivity contribution < 1.29 is 14.5 Å². The molecule has 0 aliphatic carbocycles. The Balaban J connectivity index is 2.28. The molecule has 8 heteroatoms. The molecule has 0 saturated carbocycles. The average Bonchev–Trinajstić information content (AvgIpc) is 2.62. The van der Waals surface area contributed by atoms with Crippen LogP contribution < -0.4 is 5.32 Å². The van der Waals surface area contributed by atoms with Gasteiger partial charge in [0.1, 0.15) is 5.56 Å². The summed E-state index contributed by atoms with van der Waals surface area (Å²) in [4.78, 5) is 35.3. The van der Waals surface area contributed by atoms with Gasteiger partial charge in [-0.15, -0.1) is 0 Å². The van der Waals surface area contributed by atoms with Crippen LogP contribution in [0.2, 0.25) is 5.02 Å². The van der Waals surface area contributed by atoms with Crippen molar-refractivity contribution in [2.75, 3.05) is 19.6 Å². The number of nitrogens with zero attached hydrogens (tertiary/aromatic N) is 2. The molecule has 106 valence electrons. The van der Waals surface area contributed by atoms with Crippen molar-refractivity contribution in [2.45, 2.75) is 6.42 Å². The zero-order valence-electron chi connectivity index (χ0n) is 10.5. The number of hydrogen-bond donors (Lipinski definition) is 1. The maximum absolute atomic E-state index is 12.3. The lowest BCUT2D eigenvalue weighted by molar-refractivity contribution is -0.385. The highest BCUT2D eigenvalue weighted by Crippen LogP contribution is 2.24. The fourth-order valence-corrected chi connectivity index (χ4v) is 2.14. The van der Waals surface area contributed by atoms with Crippen molar-refractivity contribution in [2.24, 2.45) is 0 Å². The van der Waals surface area contributed by atoms with E-state index in [1.54, 1.807) is 0 Å². The summed E-state index contributed by atoms with van der Waals surface area (Å²) in [5.74, 6) is -0.601. The van der Waals surface area contributed by atoms with Gasteiger partial charge < -0.3 is 10.2 Å². The van der Waals surface area contributed by atoms with Gasteiger partial charge in [0.05, 0.1) is 4.92 Å². The molecule has 0 unspecified atom stereocenters. The van der Waals surface area contributed by atoms with Crippen LogP contribution in [0.4, 0.5) is 5.69 Å². The van der Waals surface area contributed by atoms with Crippen molar-refractivity contribution >= 4 is 29.1 Å². The van der Waals surface area contributed by atoms with Crippen LogP contribution in [0.3, 0.4) is 0 Å². The second-order valence-electron chi connectivity index (χ2n) is 4.31. The van der Waals surface area contributed by atoms with E-state index in [4.69, 9.17) is 11.6 Å². The summed E-state index contributed by atoms with van der Waals surface area (Å²) >= 11 is 5.71. The van der Waals surface area contributed by atoms with Gasteiger partial charge in [-0.25, -0.2) is 0 Å². The third-order valence-corrected chi connectivity index (χ3v) is 3.22. The van der Waals surface area contributed by atoms with Crippen molar-refractivity contribution in [3.8, 4) is 0 Å². The number of nitrogens with one attached hydrogen (secondary N) is 1. The van der Waals surface area contributed by atoms with Crippen LogP contribution in [0.5, 0.6) is 0 Å². The standard InChI is InChI=1S/C12H12ClN3O4/c13-8-1-2-9(10(7-8)16(19)20)12(18)15-5-3-11(17)14-4-6-15/h1-2,7H,3-6H2,(H,14,17). The van der Waals surface area contributed by atoms with Crippen LogP contribution >= 0.6 is 11.6 Å². The number of carbonyl (C=O) groups is 2. The van der Waals surface area contributed by atoms with Crippen molar-refractivity contribution in [1.29, 1.82) is 0 Å². The number of rotatable bonds is 2. The second-order valence-corrected chi connectivity index (χ2v) is 4.75. The topological polar surface area (TPSA) is 92.5 Å². The minimum Gasteiger partial charge on any atom is -0.354 e. The van der Waals surface area contributed by atoms with Gasteiger partial charge in [-0.05, 0) is 12.1 Å². The molecule has 0 aromatic heterocycles. The van der Waals surface area contributed by atoms with E-state index in [2.05, 4.69) is 5.32 Å². The molecule has 1 aliphatic heterocycles. The minimum absolute atomic E-state index is 0.0197. The van der Waals surface area contributed by atoms with E-state index in [-0.39, 0.29) is 35.1 Å². The molecule has 2 rings (SSSR count). The Morgan fingerprint density at radius 3 is 2.85 bits per heavy atom. The van der Waals surface area contributed by atoms with Crippen molar-refractivity contribution in [3.63, 3.8) is 0 Å². The third-order valence-electron chi connectivity index (χ3n) is 2.99. The highest BCUT2D eigenvalue weighted by molar-refractivity contribution is 6.31. The fourth-order valence-electron chi connectivity index (χ4n) is 1.98. The summed E-state index contributed by atoms with van der Waals surface area (Å²) in [7, 11) is 0. The SMILES string of the molecule is O=C1CCN(C(=O)c2ccc(Cl)cc2[N+](=O)[O-])CCN1. The van der Waals surface area contributed by atoms with Crippen LogP contribution in [0.25, 0.3) is 0 Å². The van der Waals surface area contributed by atoms with Crippen LogP contribution in [-0.4, -0.2) is 41.3 Å². The molecule has 1 aromatic carbocycles. The predicted molar refractivity (Wildman–Crippen MR) is 71.6 cm³/mol. The molecule has 1 saturated heterocycles. The minimum atomic E-state index is -0.639. The summed E-state index contributed by atoms with van der Waals surface area (Å²) in [6, 6.07) is 3.92. The largest absolute Gasteiger partial charge is 0.354 e. The first-order valence-electron chi connectivity index (χ1n) is 5.99. The molecule has 0 bridgehead atoms. The summed E-state index contributed by atoms with van der Waals surface area (Å²) in [6.07, 6.45) is 0.188. The van der Waals surface area contributed by atoms with E-state index in [1.165, 1.54) is 17.0 Å². The Morgan fingerprint density at radius 1 is 1.40 bits per heavy atom. The first-order chi connectivity index (χ1) is 9.49. The first-order valence-corrected chi connectivity index (χ1v) is 6.37. The zero-order valence-corrected chi connectivity index (χ0v) is 11.2. The monoisotopic (exact) mass is 297 g/mol. The normalized spacial score (nSPS) is 15.4. The van der Waals surface area contributed by atoms with E-state index in [0.717, 1.165) is 6.07 Å². The molecule has 1 heterocycles. The quantitative estimate of drug-likeness (QED) is 0.656. The molecular formula is C12H12ClN3O4. The van der Waals surface area contributed by atoms with Crippen LogP contribution in [0, 0.1) is 10.1 Å². The van der Waals surface area contributed by atoms with Crippen molar-refractivity contribution in [3.05, 3.63) is 38.9 Å². The summed E-state index contributed by atoms with van der Waals surface area (Å²) in [5.41, 5.74) is -0.347. The number of nitro benzene ring substituents is 1. The molecule has 1 aromatic rings. The number of benzene rings is 1. The number of nitro groups is 1. The van der Waals surface area contributed by atoms with Gasteiger partial charge in [0.25, 0.3) is 11.6 Å². The van der Waals surface area contributed by atoms with Gasteiger partial charge in [0.15, 0.2) is 0 Å². The van der Waals surface area contributed by atoms with Gasteiger partial charge >= 0.3 is 0 Å². The first kappa shape index (κ1) is 14.3. The van der Waals surface area contributed by atoms with Gasteiger partial charge in [0, 0.05) is 37.1 Å². The van der Waals surface area contributed by atoms with Crippen LogP contribution in [0.15, 0.2) is 18.2 Å². The smallest absolute Gasteiger partial charge is 0.283 e. The molecule has 1 N–H and O–H groups in total. The highest BCUT2D eigenvalue weighted by atomic mass is 35.5. The second kappa shape index (κ2) is 5.87. The Morgan fingerprint density at radius 2 is 2.15 bits per heavy atom. The maximum Gasteiger partial charge on any atom is 0.283 e. The molecule has 1 aliphatic rings. The Labute approximate surface area is 119 Å². The number of hydrogen-bond acceptors (Lipinski definition) is 4. The van der Waals surface area contributed by atoms with Crippen LogP contribution in [-0.2, 0) is 4.79 Å². The molecule has 2 amide bonds. The van der Waals surface area contributed by atoms with E-state index in [9.17, 15) is 19.7 Å². The summed E-state index contributed by atoms with van der Waals surface area (Å²) in [5, 5.41) is 13.8. The van der Waals surface area contributed by atoms with Gasteiger partial charge in [-0.1, -0.05) is 11.6 Å². The lowest BCUT2D eigenvalue weighted by Gasteiger charge is -2.19. The molecule has 7 nitrogen and oxygen atoms in total. The summed E-state index contributed by atoms with van der Waals surface area (Å²) < 4.78 is 0. The maximum atomic E-state index is 12.3. The number of carbonyl (C=O) groups excluding carboxylic acids is 2. The van der Waals surface area contributed by atoms with E-state index in [0.29, 0.717) is 13.1 Å². The van der Waals surface area contributed by atoms with E-state index >= 15 is 0 Å². The van der Waals surface area contributed by atoms with Crippen molar-refractivity contribution in [1.82, 2.24) is 10.2 Å². The average molecular weight is 298 g/mol. The van der Waals surface area contributed by atoms with E-state index in [1.807, 2.05) is 0 Å². The highest BCUT2D eigenvalue weighted by Gasteiger charge is 2.26. The molecule has 0 atom stereocenters. The molecule has 0 radical (unpaired) electrons. The molecule has 0 spiro atoms. The Bertz CT molecular complexity index is 576. The van der Waals surface area contributed by atoms with Gasteiger partial charge in [-0.2, -0.15) is 0 Å². The van der Waals surface area contributed by atoms with Crippen LogP contribution in [0.1, 0.15) is 16.8 Å². The van der Waals surface area contributed by atoms with E-state index < -0.39 is 10.8 Å². The molecule has 1 fully saturated rings. The molecular weight excluding hydrogens is 286 g/mol. The fraction of sp³-hybridized carbons (Fsp3) is 0.333. The third kappa shape index (κ3) is 3.05. The molecule has 20 heavy (non-hydrogen) atoms.